The van der Waals surface area contributed by atoms with E-state index in [-0.39, 0.29) is 5.82 Å². The highest BCUT2D eigenvalue weighted by Crippen LogP contribution is 2.37. The lowest BCUT2D eigenvalue weighted by atomic mass is 9.90. The number of para-hydroxylation sites is 1. The van der Waals surface area contributed by atoms with E-state index in [1.54, 1.807) is 12.1 Å². The number of pyridine rings is 1. The summed E-state index contributed by atoms with van der Waals surface area (Å²) in [4.78, 5) is 4.64. The van der Waals surface area contributed by atoms with Crippen LogP contribution in [0.25, 0.3) is 44.3 Å². The zero-order valence-corrected chi connectivity index (χ0v) is 17.9. The second-order valence-electron chi connectivity index (χ2n) is 8.51. The smallest absolute Gasteiger partial charge is 0.144 e. The number of aromatic nitrogens is 1. The monoisotopic (exact) mass is 409 g/mol. The van der Waals surface area contributed by atoms with Gasteiger partial charge in [0.2, 0.25) is 0 Å². The zero-order chi connectivity index (χ0) is 21.5. The summed E-state index contributed by atoms with van der Waals surface area (Å²) in [6.45, 7) is 6.72. The van der Waals surface area contributed by atoms with Crippen LogP contribution in [0.1, 0.15) is 32.3 Å². The second kappa shape index (κ2) is 7.66. The van der Waals surface area contributed by atoms with E-state index < -0.39 is 0 Å². The normalized spacial score (nSPS) is 12.7. The molecule has 1 unspecified atom stereocenters. The molecule has 0 aliphatic rings. The minimum Gasteiger partial charge on any atom is -0.455 e. The second-order valence-corrected chi connectivity index (χ2v) is 8.51. The first-order chi connectivity index (χ1) is 15.0. The van der Waals surface area contributed by atoms with E-state index in [2.05, 4.69) is 56.1 Å². The number of hydrogen-bond donors (Lipinski definition) is 0. The Bertz CT molecular complexity index is 1400. The number of furan rings is 1. The van der Waals surface area contributed by atoms with E-state index in [0.29, 0.717) is 11.8 Å². The van der Waals surface area contributed by atoms with Crippen molar-refractivity contribution in [1.82, 2.24) is 4.98 Å². The molecule has 0 amide bonds. The van der Waals surface area contributed by atoms with Gasteiger partial charge >= 0.3 is 0 Å². The molecule has 3 aromatic carbocycles. The van der Waals surface area contributed by atoms with Crippen molar-refractivity contribution in [1.29, 1.82) is 0 Å². The van der Waals surface area contributed by atoms with E-state index in [1.807, 2.05) is 30.5 Å². The summed E-state index contributed by atoms with van der Waals surface area (Å²) in [6.07, 6.45) is 1.88. The summed E-state index contributed by atoms with van der Waals surface area (Å²) in [5.74, 6) is 0.759. The van der Waals surface area contributed by atoms with Crippen molar-refractivity contribution in [2.45, 2.75) is 26.7 Å². The van der Waals surface area contributed by atoms with Gasteiger partial charge in [-0.2, -0.15) is 0 Å². The highest BCUT2D eigenvalue weighted by Gasteiger charge is 2.16. The molecule has 2 nitrogen and oxygen atoms in total. The molecule has 3 heteroatoms. The SMILES string of the molecule is CC(C)C(C)c1ccnc(-c2cccc3c2oc2cc(-c4cccc(F)c4)ccc23)c1. The van der Waals surface area contributed by atoms with Gasteiger partial charge in [0.25, 0.3) is 0 Å². The number of nitrogens with zero attached hydrogens (tertiary/aromatic N) is 1. The third kappa shape index (κ3) is 3.50. The Morgan fingerprint density at radius 1 is 0.806 bits per heavy atom. The molecule has 2 aromatic heterocycles. The van der Waals surface area contributed by atoms with Crippen molar-refractivity contribution in [3.05, 3.63) is 90.4 Å². The van der Waals surface area contributed by atoms with Crippen LogP contribution >= 0.6 is 0 Å². The van der Waals surface area contributed by atoms with E-state index in [9.17, 15) is 4.39 Å². The quantitative estimate of drug-likeness (QED) is 0.299. The number of fused-ring (bicyclic) bond motifs is 3. The molecule has 154 valence electrons. The van der Waals surface area contributed by atoms with Gasteiger partial charge in [0.1, 0.15) is 17.0 Å². The average Bonchev–Trinajstić information content (AvgIpc) is 3.16. The first kappa shape index (κ1) is 19.5. The van der Waals surface area contributed by atoms with Crippen molar-refractivity contribution in [2.75, 3.05) is 0 Å². The molecular formula is C28H24FNO. The first-order valence-electron chi connectivity index (χ1n) is 10.7. The average molecular weight is 410 g/mol. The summed E-state index contributed by atoms with van der Waals surface area (Å²) in [5, 5.41) is 2.10. The van der Waals surface area contributed by atoms with Gasteiger partial charge < -0.3 is 4.42 Å². The third-order valence-electron chi connectivity index (χ3n) is 6.24. The maximum atomic E-state index is 13.7. The molecule has 1 atom stereocenters. The van der Waals surface area contributed by atoms with Crippen LogP contribution in [0.15, 0.2) is 83.4 Å². The number of hydrogen-bond acceptors (Lipinski definition) is 2. The fourth-order valence-corrected chi connectivity index (χ4v) is 4.11. The summed E-state index contributed by atoms with van der Waals surface area (Å²) in [7, 11) is 0. The Kier molecular flexibility index (Phi) is 4.82. The molecule has 0 saturated carbocycles. The van der Waals surface area contributed by atoms with Crippen LogP contribution in [0.5, 0.6) is 0 Å². The van der Waals surface area contributed by atoms with Crippen molar-refractivity contribution in [2.24, 2.45) is 5.92 Å². The molecule has 5 aromatic rings. The standard InChI is InChI=1S/C28H24FNO/c1-17(2)18(3)19-12-13-30-26(15-19)25-9-5-8-24-23-11-10-21(16-27(23)31-28(24)25)20-6-4-7-22(29)14-20/h4-18H,1-3H3. The molecule has 0 aliphatic heterocycles. The summed E-state index contributed by atoms with van der Waals surface area (Å²) < 4.78 is 20.0. The van der Waals surface area contributed by atoms with Crippen LogP contribution in [0.3, 0.4) is 0 Å². The van der Waals surface area contributed by atoms with Gasteiger partial charge in [0.05, 0.1) is 5.69 Å². The van der Waals surface area contributed by atoms with Crippen molar-refractivity contribution in [3.8, 4) is 22.4 Å². The van der Waals surface area contributed by atoms with Crippen LogP contribution in [-0.4, -0.2) is 4.98 Å². The van der Waals surface area contributed by atoms with Gasteiger partial charge in [0.15, 0.2) is 0 Å². The Balaban J connectivity index is 1.66. The van der Waals surface area contributed by atoms with Crippen molar-refractivity contribution in [3.63, 3.8) is 0 Å². The molecule has 0 aliphatic carbocycles. The first-order valence-corrected chi connectivity index (χ1v) is 10.7. The molecule has 0 bridgehead atoms. The van der Waals surface area contributed by atoms with Gasteiger partial charge in [-0.1, -0.05) is 51.1 Å². The van der Waals surface area contributed by atoms with Crippen LogP contribution in [0, 0.1) is 11.7 Å². The zero-order valence-electron chi connectivity index (χ0n) is 17.9. The molecule has 31 heavy (non-hydrogen) atoms. The van der Waals surface area contributed by atoms with Crippen LogP contribution in [0.2, 0.25) is 0 Å². The van der Waals surface area contributed by atoms with E-state index in [0.717, 1.165) is 44.3 Å². The number of rotatable bonds is 4. The summed E-state index contributed by atoms with van der Waals surface area (Å²) in [5.41, 5.74) is 6.56. The topological polar surface area (TPSA) is 26.0 Å². The predicted molar refractivity (Wildman–Crippen MR) is 126 cm³/mol. The van der Waals surface area contributed by atoms with E-state index >= 15 is 0 Å². The van der Waals surface area contributed by atoms with Crippen molar-refractivity contribution < 1.29 is 8.81 Å². The fraction of sp³-hybridized carbons (Fsp3) is 0.179. The minimum atomic E-state index is -0.244. The van der Waals surface area contributed by atoms with Gasteiger partial charge in [-0.05, 0) is 71.0 Å². The molecule has 0 N–H and O–H groups in total. The highest BCUT2D eigenvalue weighted by atomic mass is 19.1. The minimum absolute atomic E-state index is 0.244. The lowest BCUT2D eigenvalue weighted by molar-refractivity contribution is 0.535. The van der Waals surface area contributed by atoms with Crippen LogP contribution in [-0.2, 0) is 0 Å². The van der Waals surface area contributed by atoms with Crippen LogP contribution < -0.4 is 0 Å². The predicted octanol–water partition coefficient (Wildman–Crippen LogP) is 8.21. The van der Waals surface area contributed by atoms with Gasteiger partial charge in [-0.3, -0.25) is 4.98 Å². The molecule has 2 heterocycles. The lowest BCUT2D eigenvalue weighted by Crippen LogP contribution is -2.02. The Morgan fingerprint density at radius 2 is 1.61 bits per heavy atom. The lowest BCUT2D eigenvalue weighted by Gasteiger charge is -2.16. The van der Waals surface area contributed by atoms with Crippen molar-refractivity contribution >= 4 is 21.9 Å². The molecule has 0 radical (unpaired) electrons. The van der Waals surface area contributed by atoms with Gasteiger partial charge in [0, 0.05) is 22.5 Å². The van der Waals surface area contributed by atoms with Crippen LogP contribution in [0.4, 0.5) is 4.39 Å². The Morgan fingerprint density at radius 3 is 2.42 bits per heavy atom. The van der Waals surface area contributed by atoms with E-state index in [1.165, 1.54) is 11.6 Å². The van der Waals surface area contributed by atoms with Gasteiger partial charge in [-0.25, -0.2) is 4.39 Å². The maximum Gasteiger partial charge on any atom is 0.144 e. The number of benzene rings is 3. The maximum absolute atomic E-state index is 13.7. The highest BCUT2D eigenvalue weighted by molar-refractivity contribution is 6.10. The fourth-order valence-electron chi connectivity index (χ4n) is 4.11. The third-order valence-corrected chi connectivity index (χ3v) is 6.24. The van der Waals surface area contributed by atoms with E-state index in [4.69, 9.17) is 4.42 Å². The largest absolute Gasteiger partial charge is 0.455 e. The molecule has 0 saturated heterocycles. The molecule has 0 fully saturated rings. The van der Waals surface area contributed by atoms with Gasteiger partial charge in [-0.15, -0.1) is 0 Å². The number of halogens is 1. The molecular weight excluding hydrogens is 385 g/mol. The molecule has 0 spiro atoms. The summed E-state index contributed by atoms with van der Waals surface area (Å²) in [6, 6.07) is 23.1. The molecule has 5 rings (SSSR count). The Labute approximate surface area is 181 Å². The summed E-state index contributed by atoms with van der Waals surface area (Å²) >= 11 is 0. The Hall–Kier alpha value is -3.46.